The summed E-state index contributed by atoms with van der Waals surface area (Å²) in [5.74, 6) is 5.69. The monoisotopic (exact) mass is 383 g/mol. The van der Waals surface area contributed by atoms with Crippen molar-refractivity contribution in [1.82, 2.24) is 10.4 Å². The number of nitrogens with one attached hydrogen (secondary N) is 1. The molecule has 0 bridgehead atoms. The Morgan fingerprint density at radius 3 is 2.68 bits per heavy atom. The maximum Gasteiger partial charge on any atom is 0.0526 e. The molecule has 0 fully saturated rings. The highest BCUT2D eigenvalue weighted by atomic mass is 79.9. The van der Waals surface area contributed by atoms with E-state index in [2.05, 4.69) is 61.3 Å². The van der Waals surface area contributed by atoms with Crippen LogP contribution in [0.25, 0.3) is 0 Å². The lowest BCUT2D eigenvalue weighted by molar-refractivity contribution is 0.543. The number of hydrogen-bond donors (Lipinski definition) is 2. The van der Waals surface area contributed by atoms with Crippen LogP contribution < -0.4 is 11.3 Å². The van der Waals surface area contributed by atoms with Gasteiger partial charge in [0.05, 0.1) is 6.04 Å². The Morgan fingerprint density at radius 1 is 1.26 bits per heavy atom. The quantitative estimate of drug-likeness (QED) is 0.624. The Labute approximate surface area is 129 Å². The molecule has 1 atom stereocenters. The summed E-state index contributed by atoms with van der Waals surface area (Å²) in [7, 11) is 0. The summed E-state index contributed by atoms with van der Waals surface area (Å²) in [5.41, 5.74) is 6.21. The molecule has 5 heteroatoms. The molecule has 1 aromatic heterocycles. The lowest BCUT2D eigenvalue weighted by Crippen LogP contribution is -2.30. The maximum absolute atomic E-state index is 5.69. The van der Waals surface area contributed by atoms with Gasteiger partial charge in [0.15, 0.2) is 0 Å². The van der Waals surface area contributed by atoms with Crippen molar-refractivity contribution in [3.05, 3.63) is 62.3 Å². The van der Waals surface area contributed by atoms with Crippen molar-refractivity contribution in [3.63, 3.8) is 0 Å². The number of hydrogen-bond acceptors (Lipinski definition) is 3. The molecule has 1 heterocycles. The highest BCUT2D eigenvalue weighted by Gasteiger charge is 2.15. The molecular formula is C14H15Br2N3. The van der Waals surface area contributed by atoms with Crippen molar-refractivity contribution in [2.45, 2.75) is 19.4 Å². The second kappa shape index (κ2) is 6.61. The minimum absolute atomic E-state index is 0.0305. The predicted molar refractivity (Wildman–Crippen MR) is 84.6 cm³/mol. The molecule has 0 saturated carbocycles. The number of rotatable bonds is 4. The van der Waals surface area contributed by atoms with Crippen LogP contribution in [0.2, 0.25) is 0 Å². The maximum atomic E-state index is 5.69. The number of halogens is 2. The van der Waals surface area contributed by atoms with E-state index in [9.17, 15) is 0 Å². The van der Waals surface area contributed by atoms with Crippen molar-refractivity contribution >= 4 is 31.9 Å². The second-order valence-electron chi connectivity index (χ2n) is 4.37. The lowest BCUT2D eigenvalue weighted by Gasteiger charge is -2.18. The molecular weight excluding hydrogens is 370 g/mol. The molecule has 0 radical (unpaired) electrons. The van der Waals surface area contributed by atoms with Crippen LogP contribution in [0.4, 0.5) is 0 Å². The Bertz CT molecular complexity index is 555. The highest BCUT2D eigenvalue weighted by molar-refractivity contribution is 9.10. The smallest absolute Gasteiger partial charge is 0.0526 e. The first-order chi connectivity index (χ1) is 9.11. The summed E-state index contributed by atoms with van der Waals surface area (Å²) in [6, 6.07) is 10.2. The SMILES string of the molecule is Cc1cccc(C(Cc2ccc(Br)cn2)NN)c1Br. The zero-order valence-electron chi connectivity index (χ0n) is 10.5. The van der Waals surface area contributed by atoms with E-state index in [-0.39, 0.29) is 6.04 Å². The summed E-state index contributed by atoms with van der Waals surface area (Å²) in [6.45, 7) is 2.07. The third kappa shape index (κ3) is 3.63. The van der Waals surface area contributed by atoms with Crippen LogP contribution in [0, 0.1) is 6.92 Å². The minimum atomic E-state index is 0.0305. The first-order valence-electron chi connectivity index (χ1n) is 5.93. The van der Waals surface area contributed by atoms with Crippen LogP contribution in [0.5, 0.6) is 0 Å². The molecule has 3 N–H and O–H groups in total. The van der Waals surface area contributed by atoms with Crippen LogP contribution in [0.15, 0.2) is 45.5 Å². The second-order valence-corrected chi connectivity index (χ2v) is 6.08. The summed E-state index contributed by atoms with van der Waals surface area (Å²) < 4.78 is 2.07. The summed E-state index contributed by atoms with van der Waals surface area (Å²) in [4.78, 5) is 4.39. The number of nitrogens with zero attached hydrogens (tertiary/aromatic N) is 1. The molecule has 0 saturated heterocycles. The molecule has 0 aliphatic rings. The fourth-order valence-corrected chi connectivity index (χ4v) is 2.71. The zero-order chi connectivity index (χ0) is 13.8. The highest BCUT2D eigenvalue weighted by Crippen LogP contribution is 2.28. The fourth-order valence-electron chi connectivity index (χ4n) is 1.93. The van der Waals surface area contributed by atoms with E-state index in [1.807, 2.05) is 18.2 Å². The Morgan fingerprint density at radius 2 is 2.05 bits per heavy atom. The van der Waals surface area contributed by atoms with E-state index in [1.54, 1.807) is 6.20 Å². The Kier molecular flexibility index (Phi) is 5.10. The molecule has 2 aromatic rings. The normalized spacial score (nSPS) is 12.4. The number of hydrazine groups is 1. The van der Waals surface area contributed by atoms with Gasteiger partial charge in [0.2, 0.25) is 0 Å². The van der Waals surface area contributed by atoms with Crippen molar-refractivity contribution < 1.29 is 0 Å². The number of nitrogens with two attached hydrogens (primary N) is 1. The van der Waals surface area contributed by atoms with E-state index >= 15 is 0 Å². The number of aromatic nitrogens is 1. The first kappa shape index (κ1) is 14.7. The molecule has 100 valence electrons. The van der Waals surface area contributed by atoms with Crippen LogP contribution in [-0.4, -0.2) is 4.98 Å². The number of aryl methyl sites for hydroxylation is 1. The summed E-state index contributed by atoms with van der Waals surface area (Å²) >= 11 is 7.01. The zero-order valence-corrected chi connectivity index (χ0v) is 13.7. The van der Waals surface area contributed by atoms with Crippen LogP contribution in [-0.2, 0) is 6.42 Å². The molecule has 1 unspecified atom stereocenters. The van der Waals surface area contributed by atoms with E-state index < -0.39 is 0 Å². The van der Waals surface area contributed by atoms with E-state index in [4.69, 9.17) is 5.84 Å². The van der Waals surface area contributed by atoms with Gasteiger partial charge in [-0.1, -0.05) is 34.1 Å². The molecule has 0 aliphatic carbocycles. The molecule has 0 spiro atoms. The van der Waals surface area contributed by atoms with Crippen molar-refractivity contribution in [2.24, 2.45) is 5.84 Å². The summed E-state index contributed by atoms with van der Waals surface area (Å²) in [5, 5.41) is 0. The van der Waals surface area contributed by atoms with Crippen molar-refractivity contribution in [2.75, 3.05) is 0 Å². The fraction of sp³-hybridized carbons (Fsp3) is 0.214. The molecule has 0 amide bonds. The van der Waals surface area contributed by atoms with E-state index in [1.165, 1.54) is 5.56 Å². The van der Waals surface area contributed by atoms with Gasteiger partial charge in [0.25, 0.3) is 0 Å². The van der Waals surface area contributed by atoms with Gasteiger partial charge in [-0.15, -0.1) is 0 Å². The summed E-state index contributed by atoms with van der Waals surface area (Å²) in [6.07, 6.45) is 2.54. The van der Waals surface area contributed by atoms with Gasteiger partial charge in [-0.25, -0.2) is 0 Å². The topological polar surface area (TPSA) is 50.9 Å². The van der Waals surface area contributed by atoms with E-state index in [0.717, 1.165) is 26.6 Å². The van der Waals surface area contributed by atoms with Gasteiger partial charge in [0, 0.05) is 27.3 Å². The minimum Gasteiger partial charge on any atom is -0.271 e. The molecule has 0 aliphatic heterocycles. The van der Waals surface area contributed by atoms with Gasteiger partial charge in [-0.05, 0) is 46.1 Å². The number of benzene rings is 1. The standard InChI is InChI=1S/C14H15Br2N3/c1-9-3-2-4-12(14(9)16)13(19-17)7-11-6-5-10(15)8-18-11/h2-6,8,13,19H,7,17H2,1H3. The largest absolute Gasteiger partial charge is 0.271 e. The Hall–Kier alpha value is -0.750. The van der Waals surface area contributed by atoms with Gasteiger partial charge in [-0.2, -0.15) is 0 Å². The van der Waals surface area contributed by atoms with Crippen LogP contribution in [0.1, 0.15) is 22.9 Å². The van der Waals surface area contributed by atoms with Crippen LogP contribution >= 0.6 is 31.9 Å². The van der Waals surface area contributed by atoms with E-state index in [0.29, 0.717) is 0 Å². The third-order valence-corrected chi connectivity index (χ3v) is 4.55. The van der Waals surface area contributed by atoms with Crippen molar-refractivity contribution in [3.8, 4) is 0 Å². The van der Waals surface area contributed by atoms with Crippen molar-refractivity contribution in [1.29, 1.82) is 0 Å². The molecule has 2 rings (SSSR count). The van der Waals surface area contributed by atoms with Gasteiger partial charge < -0.3 is 0 Å². The Balaban J connectivity index is 2.25. The average Bonchev–Trinajstić information content (AvgIpc) is 2.42. The predicted octanol–water partition coefficient (Wildman–Crippen LogP) is 3.66. The third-order valence-electron chi connectivity index (χ3n) is 3.00. The molecule has 19 heavy (non-hydrogen) atoms. The van der Waals surface area contributed by atoms with Gasteiger partial charge in [-0.3, -0.25) is 16.3 Å². The first-order valence-corrected chi connectivity index (χ1v) is 7.52. The lowest BCUT2D eigenvalue weighted by atomic mass is 10.0. The van der Waals surface area contributed by atoms with Crippen LogP contribution in [0.3, 0.4) is 0 Å². The van der Waals surface area contributed by atoms with Gasteiger partial charge >= 0.3 is 0 Å². The molecule has 3 nitrogen and oxygen atoms in total. The van der Waals surface area contributed by atoms with Gasteiger partial charge in [0.1, 0.15) is 0 Å². The average molecular weight is 385 g/mol. The number of pyridine rings is 1. The molecule has 1 aromatic carbocycles.